The van der Waals surface area contributed by atoms with E-state index < -0.39 is 0 Å². The lowest BCUT2D eigenvalue weighted by atomic mass is 10.1. The number of hydrogen-bond donors (Lipinski definition) is 0. The zero-order chi connectivity index (χ0) is 13.1. The third-order valence-corrected chi connectivity index (χ3v) is 3.47. The fraction of sp³-hybridized carbons (Fsp3) is 0.154. The molecule has 0 saturated heterocycles. The summed E-state index contributed by atoms with van der Waals surface area (Å²) in [6, 6.07) is 8.92. The van der Waals surface area contributed by atoms with E-state index in [-0.39, 0.29) is 5.78 Å². The molecule has 0 saturated carbocycles. The van der Waals surface area contributed by atoms with Gasteiger partial charge < -0.3 is 9.15 Å². The van der Waals surface area contributed by atoms with Crippen molar-refractivity contribution in [3.63, 3.8) is 0 Å². The van der Waals surface area contributed by atoms with Crippen LogP contribution in [0.25, 0.3) is 0 Å². The molecule has 0 spiro atoms. The molecule has 3 nitrogen and oxygen atoms in total. The van der Waals surface area contributed by atoms with Gasteiger partial charge in [0.2, 0.25) is 5.78 Å². The third-order valence-electron chi connectivity index (χ3n) is 2.43. The molecule has 0 amide bonds. The highest BCUT2D eigenvalue weighted by Gasteiger charge is 2.12. The number of hydrogen-bond acceptors (Lipinski definition) is 3. The second-order valence-electron chi connectivity index (χ2n) is 3.67. The maximum absolute atomic E-state index is 11.9. The molecule has 0 fully saturated rings. The molecule has 2 rings (SSSR count). The standard InChI is InChI=1S/C13H10Br2O3/c1-17-11-3-2-8(6-9(11)14)7-10(16)12-4-5-13(15)18-12/h2-6H,7H2,1H3. The highest BCUT2D eigenvalue weighted by Crippen LogP contribution is 2.26. The largest absolute Gasteiger partial charge is 0.496 e. The first-order valence-electron chi connectivity index (χ1n) is 5.21. The lowest BCUT2D eigenvalue weighted by Gasteiger charge is -2.05. The van der Waals surface area contributed by atoms with E-state index in [1.807, 2.05) is 18.2 Å². The molecule has 0 atom stereocenters. The molecule has 0 radical (unpaired) electrons. The predicted octanol–water partition coefficient (Wildman–Crippen LogP) is 4.24. The molecule has 0 aliphatic rings. The van der Waals surface area contributed by atoms with Crippen LogP contribution in [-0.2, 0) is 6.42 Å². The van der Waals surface area contributed by atoms with E-state index in [0.29, 0.717) is 16.9 Å². The van der Waals surface area contributed by atoms with Gasteiger partial charge in [0.15, 0.2) is 10.4 Å². The summed E-state index contributed by atoms with van der Waals surface area (Å²) in [4.78, 5) is 11.9. The highest BCUT2D eigenvalue weighted by atomic mass is 79.9. The van der Waals surface area contributed by atoms with E-state index in [1.54, 1.807) is 19.2 Å². The average Bonchev–Trinajstić information content (AvgIpc) is 2.76. The molecule has 1 aromatic heterocycles. The average molecular weight is 374 g/mol. The van der Waals surface area contributed by atoms with Crippen LogP contribution in [0.5, 0.6) is 5.75 Å². The first kappa shape index (κ1) is 13.4. The molecule has 2 aromatic rings. The van der Waals surface area contributed by atoms with Crippen LogP contribution in [0.2, 0.25) is 0 Å². The summed E-state index contributed by atoms with van der Waals surface area (Å²) in [6.45, 7) is 0. The number of carbonyl (C=O) groups is 1. The Labute approximate surface area is 121 Å². The summed E-state index contributed by atoms with van der Waals surface area (Å²) < 4.78 is 11.7. The molecule has 0 unspecified atom stereocenters. The zero-order valence-electron chi connectivity index (χ0n) is 9.57. The van der Waals surface area contributed by atoms with Crippen LogP contribution >= 0.6 is 31.9 Å². The molecule has 1 heterocycles. The van der Waals surface area contributed by atoms with Gasteiger partial charge in [-0.15, -0.1) is 0 Å². The van der Waals surface area contributed by atoms with Gasteiger partial charge in [-0.25, -0.2) is 0 Å². The Morgan fingerprint density at radius 3 is 2.61 bits per heavy atom. The van der Waals surface area contributed by atoms with Crippen molar-refractivity contribution in [1.82, 2.24) is 0 Å². The van der Waals surface area contributed by atoms with Gasteiger partial charge in [0.25, 0.3) is 0 Å². The van der Waals surface area contributed by atoms with Crippen molar-refractivity contribution in [2.45, 2.75) is 6.42 Å². The summed E-state index contributed by atoms with van der Waals surface area (Å²) in [7, 11) is 1.60. The predicted molar refractivity (Wildman–Crippen MR) is 75.1 cm³/mol. The number of Topliss-reactive ketones (excluding diaryl/α,β-unsaturated/α-hetero) is 1. The van der Waals surface area contributed by atoms with Crippen molar-refractivity contribution in [3.8, 4) is 5.75 Å². The van der Waals surface area contributed by atoms with E-state index in [1.165, 1.54) is 0 Å². The SMILES string of the molecule is COc1ccc(CC(=O)c2ccc(Br)o2)cc1Br. The second kappa shape index (κ2) is 5.71. The Morgan fingerprint density at radius 1 is 1.28 bits per heavy atom. The molecule has 18 heavy (non-hydrogen) atoms. The van der Waals surface area contributed by atoms with Crippen LogP contribution in [-0.4, -0.2) is 12.9 Å². The summed E-state index contributed by atoms with van der Waals surface area (Å²) in [5, 5.41) is 0. The minimum absolute atomic E-state index is 0.0576. The summed E-state index contributed by atoms with van der Waals surface area (Å²) in [6.07, 6.45) is 0.294. The smallest absolute Gasteiger partial charge is 0.202 e. The van der Waals surface area contributed by atoms with E-state index in [9.17, 15) is 4.79 Å². The van der Waals surface area contributed by atoms with Crippen molar-refractivity contribution in [1.29, 1.82) is 0 Å². The number of halogens is 2. The number of methoxy groups -OCH3 is 1. The first-order chi connectivity index (χ1) is 8.60. The zero-order valence-corrected chi connectivity index (χ0v) is 12.7. The fourth-order valence-corrected chi connectivity index (χ4v) is 2.45. The number of rotatable bonds is 4. The van der Waals surface area contributed by atoms with Crippen molar-refractivity contribution in [2.24, 2.45) is 0 Å². The van der Waals surface area contributed by atoms with Crippen LogP contribution < -0.4 is 4.74 Å². The summed E-state index contributed by atoms with van der Waals surface area (Å²) in [5.41, 5.74) is 0.903. The molecule has 5 heteroatoms. The molecule has 94 valence electrons. The van der Waals surface area contributed by atoms with Gasteiger partial charge in [-0.2, -0.15) is 0 Å². The van der Waals surface area contributed by atoms with Crippen LogP contribution in [0.15, 0.2) is 43.9 Å². The summed E-state index contributed by atoms with van der Waals surface area (Å²) in [5.74, 6) is 1.04. The molecule has 0 aliphatic carbocycles. The van der Waals surface area contributed by atoms with E-state index >= 15 is 0 Å². The number of carbonyl (C=O) groups excluding carboxylic acids is 1. The molecule has 0 N–H and O–H groups in total. The van der Waals surface area contributed by atoms with Crippen molar-refractivity contribution in [3.05, 3.63) is 50.8 Å². The Morgan fingerprint density at radius 2 is 2.06 bits per heavy atom. The minimum Gasteiger partial charge on any atom is -0.496 e. The molecular formula is C13H10Br2O3. The second-order valence-corrected chi connectivity index (χ2v) is 5.31. The third kappa shape index (κ3) is 3.03. The Hall–Kier alpha value is -1.07. The molecule has 1 aromatic carbocycles. The van der Waals surface area contributed by atoms with Crippen molar-refractivity contribution < 1.29 is 13.9 Å². The van der Waals surface area contributed by atoms with Gasteiger partial charge in [0.05, 0.1) is 11.6 Å². The number of ether oxygens (including phenoxy) is 1. The van der Waals surface area contributed by atoms with E-state index in [2.05, 4.69) is 31.9 Å². The van der Waals surface area contributed by atoms with Crippen LogP contribution in [0.1, 0.15) is 16.1 Å². The van der Waals surface area contributed by atoms with Gasteiger partial charge in [0, 0.05) is 6.42 Å². The topological polar surface area (TPSA) is 39.4 Å². The monoisotopic (exact) mass is 372 g/mol. The Bertz CT molecular complexity index is 575. The maximum Gasteiger partial charge on any atom is 0.202 e. The molecular weight excluding hydrogens is 364 g/mol. The van der Waals surface area contributed by atoms with Crippen LogP contribution in [0.3, 0.4) is 0 Å². The van der Waals surface area contributed by atoms with Crippen molar-refractivity contribution in [2.75, 3.05) is 7.11 Å². The van der Waals surface area contributed by atoms with Gasteiger partial charge in [-0.05, 0) is 61.7 Å². The maximum atomic E-state index is 11.9. The van der Waals surface area contributed by atoms with Crippen molar-refractivity contribution >= 4 is 37.6 Å². The lowest BCUT2D eigenvalue weighted by Crippen LogP contribution is -2.02. The number of furan rings is 1. The van der Waals surface area contributed by atoms with Gasteiger partial charge in [-0.3, -0.25) is 4.79 Å². The Balaban J connectivity index is 2.14. The highest BCUT2D eigenvalue weighted by molar-refractivity contribution is 9.10. The van der Waals surface area contributed by atoms with Gasteiger partial charge in [0.1, 0.15) is 5.75 Å². The summed E-state index contributed by atoms with van der Waals surface area (Å²) >= 11 is 6.56. The lowest BCUT2D eigenvalue weighted by molar-refractivity contribution is 0.0965. The fourth-order valence-electron chi connectivity index (χ4n) is 1.56. The van der Waals surface area contributed by atoms with Crippen LogP contribution in [0, 0.1) is 0 Å². The quantitative estimate of drug-likeness (QED) is 0.752. The normalized spacial score (nSPS) is 10.4. The van der Waals surface area contributed by atoms with Gasteiger partial charge >= 0.3 is 0 Å². The van der Waals surface area contributed by atoms with Gasteiger partial charge in [-0.1, -0.05) is 6.07 Å². The first-order valence-corrected chi connectivity index (χ1v) is 6.79. The molecule has 0 bridgehead atoms. The molecule has 0 aliphatic heterocycles. The number of ketones is 1. The minimum atomic E-state index is -0.0576. The van der Waals surface area contributed by atoms with Crippen LogP contribution in [0.4, 0.5) is 0 Å². The number of benzene rings is 1. The van der Waals surface area contributed by atoms with E-state index in [0.717, 1.165) is 15.8 Å². The van der Waals surface area contributed by atoms with E-state index in [4.69, 9.17) is 9.15 Å². The Kier molecular flexibility index (Phi) is 4.24.